The van der Waals surface area contributed by atoms with E-state index in [-0.39, 0.29) is 0 Å². The third-order valence-electron chi connectivity index (χ3n) is 3.66. The monoisotopic (exact) mass is 282 g/mol. The van der Waals surface area contributed by atoms with Gasteiger partial charge in [0.15, 0.2) is 0 Å². The maximum atomic E-state index is 5.99. The summed E-state index contributed by atoms with van der Waals surface area (Å²) in [7, 11) is 0. The quantitative estimate of drug-likeness (QED) is 0.843. The maximum Gasteiger partial charge on any atom is 0.137 e. The van der Waals surface area contributed by atoms with Gasteiger partial charge < -0.3 is 10.2 Å². The number of hydrogen-bond donors (Lipinski definition) is 1. The number of hydrogen-bond acceptors (Lipinski definition) is 4. The summed E-state index contributed by atoms with van der Waals surface area (Å²) in [5.41, 5.74) is 0.925. The Morgan fingerprint density at radius 3 is 2.79 bits per heavy atom. The largest absolute Gasteiger partial charge is 0.369 e. The molecule has 1 aliphatic rings. The van der Waals surface area contributed by atoms with Crippen molar-refractivity contribution < 1.29 is 0 Å². The average molecular weight is 283 g/mol. The van der Waals surface area contributed by atoms with E-state index in [9.17, 15) is 0 Å². The van der Waals surface area contributed by atoms with Gasteiger partial charge in [0.05, 0.1) is 0 Å². The second kappa shape index (κ2) is 7.06. The van der Waals surface area contributed by atoms with Gasteiger partial charge in [-0.15, -0.1) is 0 Å². The highest BCUT2D eigenvalue weighted by Crippen LogP contribution is 2.18. The molecular weight excluding hydrogens is 260 g/mol. The summed E-state index contributed by atoms with van der Waals surface area (Å²) in [4.78, 5) is 10.8. The van der Waals surface area contributed by atoms with Crippen LogP contribution in [0.4, 0.5) is 5.82 Å². The smallest absolute Gasteiger partial charge is 0.137 e. The maximum absolute atomic E-state index is 5.99. The highest BCUT2D eigenvalue weighted by atomic mass is 35.5. The summed E-state index contributed by atoms with van der Waals surface area (Å²) in [5.74, 6) is 1.46. The number of nitrogens with zero attached hydrogens (tertiary/aromatic N) is 3. The summed E-state index contributed by atoms with van der Waals surface area (Å²) in [6.45, 7) is 8.81. The predicted octanol–water partition coefficient (Wildman–Crippen LogP) is 2.97. The number of nitrogens with one attached hydrogen (secondary N) is 1. The standard InChI is InChI=1S/C14H23ClN4/c1-11(9-19-6-4-3-5-7-19)8-16-14-12(2)13(15)17-10-18-14/h10-11H,3-9H2,1-2H3,(H,16,17,18). The zero-order chi connectivity index (χ0) is 13.7. The third-order valence-corrected chi connectivity index (χ3v) is 4.04. The molecule has 0 spiro atoms. The second-order valence-corrected chi connectivity index (χ2v) is 5.84. The zero-order valence-corrected chi connectivity index (χ0v) is 12.6. The minimum absolute atomic E-state index is 0.529. The number of likely N-dealkylation sites (tertiary alicyclic amines) is 1. The predicted molar refractivity (Wildman–Crippen MR) is 79.7 cm³/mol. The molecule has 0 aromatic carbocycles. The minimum Gasteiger partial charge on any atom is -0.369 e. The van der Waals surface area contributed by atoms with Gasteiger partial charge in [0, 0.05) is 18.7 Å². The molecule has 0 bridgehead atoms. The lowest BCUT2D eigenvalue weighted by molar-refractivity contribution is 0.204. The Morgan fingerprint density at radius 2 is 2.05 bits per heavy atom. The molecule has 1 atom stereocenters. The van der Waals surface area contributed by atoms with Crippen molar-refractivity contribution in [3.63, 3.8) is 0 Å². The minimum atomic E-state index is 0.529. The average Bonchev–Trinajstić information content (AvgIpc) is 2.42. The van der Waals surface area contributed by atoms with Gasteiger partial charge in [0.2, 0.25) is 0 Å². The van der Waals surface area contributed by atoms with Crippen LogP contribution in [0.3, 0.4) is 0 Å². The van der Waals surface area contributed by atoms with E-state index in [2.05, 4.69) is 27.1 Å². The van der Waals surface area contributed by atoms with Crippen LogP contribution in [0.2, 0.25) is 5.15 Å². The van der Waals surface area contributed by atoms with Crippen molar-refractivity contribution in [1.82, 2.24) is 14.9 Å². The van der Waals surface area contributed by atoms with Crippen LogP contribution in [0, 0.1) is 12.8 Å². The fourth-order valence-electron chi connectivity index (χ4n) is 2.53. The molecule has 1 N–H and O–H groups in total. The van der Waals surface area contributed by atoms with E-state index >= 15 is 0 Å². The van der Waals surface area contributed by atoms with Crippen LogP contribution in [-0.2, 0) is 0 Å². The van der Waals surface area contributed by atoms with Gasteiger partial charge in [-0.3, -0.25) is 0 Å². The molecule has 4 nitrogen and oxygen atoms in total. The molecule has 1 aromatic heterocycles. The van der Waals surface area contributed by atoms with Crippen molar-refractivity contribution in [2.45, 2.75) is 33.1 Å². The fraction of sp³-hybridized carbons (Fsp3) is 0.714. The van der Waals surface area contributed by atoms with E-state index in [1.54, 1.807) is 0 Å². The highest BCUT2D eigenvalue weighted by molar-refractivity contribution is 6.30. The summed E-state index contributed by atoms with van der Waals surface area (Å²) in [5, 5.41) is 3.91. The fourth-order valence-corrected chi connectivity index (χ4v) is 2.66. The van der Waals surface area contributed by atoms with Crippen LogP contribution < -0.4 is 5.32 Å². The Hall–Kier alpha value is -0.870. The van der Waals surface area contributed by atoms with E-state index in [4.69, 9.17) is 11.6 Å². The normalized spacial score (nSPS) is 18.3. The van der Waals surface area contributed by atoms with Crippen LogP contribution in [0.15, 0.2) is 6.33 Å². The summed E-state index contributed by atoms with van der Waals surface area (Å²) in [6, 6.07) is 0. The molecule has 1 fully saturated rings. The first kappa shape index (κ1) is 14.5. The van der Waals surface area contributed by atoms with Crippen LogP contribution in [0.5, 0.6) is 0 Å². The Labute approximate surface area is 120 Å². The number of anilines is 1. The molecule has 0 saturated carbocycles. The summed E-state index contributed by atoms with van der Waals surface area (Å²) in [6.07, 6.45) is 5.59. The number of rotatable bonds is 5. The van der Waals surface area contributed by atoms with E-state index in [0.29, 0.717) is 11.1 Å². The Bertz CT molecular complexity index is 404. The molecular formula is C14H23ClN4. The first-order valence-electron chi connectivity index (χ1n) is 7.10. The molecule has 2 heterocycles. The van der Waals surface area contributed by atoms with Gasteiger partial charge in [-0.1, -0.05) is 24.9 Å². The summed E-state index contributed by atoms with van der Waals surface area (Å²) >= 11 is 5.99. The van der Waals surface area contributed by atoms with Crippen molar-refractivity contribution >= 4 is 17.4 Å². The van der Waals surface area contributed by atoms with Crippen molar-refractivity contribution in [1.29, 1.82) is 0 Å². The van der Waals surface area contributed by atoms with Crippen molar-refractivity contribution in [2.24, 2.45) is 5.92 Å². The van der Waals surface area contributed by atoms with Gasteiger partial charge in [-0.2, -0.15) is 0 Å². The molecule has 19 heavy (non-hydrogen) atoms. The first-order chi connectivity index (χ1) is 9.16. The molecule has 0 aliphatic carbocycles. The molecule has 0 radical (unpaired) electrons. The highest BCUT2D eigenvalue weighted by Gasteiger charge is 2.14. The number of piperidine rings is 1. The number of aromatic nitrogens is 2. The Kier molecular flexibility index (Phi) is 5.40. The van der Waals surface area contributed by atoms with Crippen molar-refractivity contribution in [3.05, 3.63) is 17.0 Å². The third kappa shape index (κ3) is 4.32. The van der Waals surface area contributed by atoms with Gasteiger partial charge in [-0.25, -0.2) is 9.97 Å². The van der Waals surface area contributed by atoms with E-state index < -0.39 is 0 Å². The topological polar surface area (TPSA) is 41.1 Å². The van der Waals surface area contributed by atoms with Gasteiger partial charge in [0.25, 0.3) is 0 Å². The lowest BCUT2D eigenvalue weighted by Gasteiger charge is -2.29. The van der Waals surface area contributed by atoms with Gasteiger partial charge in [0.1, 0.15) is 17.3 Å². The van der Waals surface area contributed by atoms with Crippen LogP contribution >= 0.6 is 11.6 Å². The molecule has 106 valence electrons. The molecule has 1 unspecified atom stereocenters. The molecule has 2 rings (SSSR count). The van der Waals surface area contributed by atoms with Crippen molar-refractivity contribution in [2.75, 3.05) is 31.5 Å². The van der Waals surface area contributed by atoms with Crippen molar-refractivity contribution in [3.8, 4) is 0 Å². The lowest BCUT2D eigenvalue weighted by Crippen LogP contribution is -2.35. The van der Waals surface area contributed by atoms with E-state index in [1.165, 1.54) is 38.7 Å². The van der Waals surface area contributed by atoms with Gasteiger partial charge >= 0.3 is 0 Å². The molecule has 1 aliphatic heterocycles. The second-order valence-electron chi connectivity index (χ2n) is 5.49. The molecule has 0 amide bonds. The Morgan fingerprint density at radius 1 is 1.32 bits per heavy atom. The lowest BCUT2D eigenvalue weighted by atomic mass is 10.1. The SMILES string of the molecule is Cc1c(Cl)ncnc1NCC(C)CN1CCCCC1. The Balaban J connectivity index is 1.79. The molecule has 5 heteroatoms. The summed E-state index contributed by atoms with van der Waals surface area (Å²) < 4.78 is 0. The zero-order valence-electron chi connectivity index (χ0n) is 11.8. The van der Waals surface area contributed by atoms with Gasteiger partial charge in [-0.05, 0) is 38.8 Å². The molecule has 1 saturated heterocycles. The van der Waals surface area contributed by atoms with E-state index in [1.807, 2.05) is 6.92 Å². The van der Waals surface area contributed by atoms with Crippen LogP contribution in [0.1, 0.15) is 31.7 Å². The number of halogens is 1. The van der Waals surface area contributed by atoms with Crippen LogP contribution in [0.25, 0.3) is 0 Å². The first-order valence-corrected chi connectivity index (χ1v) is 7.48. The molecule has 1 aromatic rings. The van der Waals surface area contributed by atoms with E-state index in [0.717, 1.165) is 24.5 Å². The van der Waals surface area contributed by atoms with Crippen LogP contribution in [-0.4, -0.2) is 41.0 Å².